The zero-order valence-electron chi connectivity index (χ0n) is 8.25. The first kappa shape index (κ1) is 9.48. The van der Waals surface area contributed by atoms with Gasteiger partial charge in [0.15, 0.2) is 11.5 Å². The fraction of sp³-hybridized carbons (Fsp3) is 0.455. The monoisotopic (exact) mass is 269 g/mol. The van der Waals surface area contributed by atoms with Crippen molar-refractivity contribution in [3.8, 4) is 11.5 Å². The van der Waals surface area contributed by atoms with Gasteiger partial charge in [-0.3, -0.25) is 0 Å². The Balaban J connectivity index is 2.08. The van der Waals surface area contributed by atoms with Crippen molar-refractivity contribution in [3.05, 3.63) is 22.2 Å². The maximum Gasteiger partial charge on any atom is 0.231 e. The number of benzene rings is 1. The summed E-state index contributed by atoms with van der Waals surface area (Å²) in [5.41, 5.74) is 7.27. The largest absolute Gasteiger partial charge is 0.454 e. The van der Waals surface area contributed by atoms with E-state index in [9.17, 15) is 0 Å². The molecule has 1 aromatic rings. The molecule has 1 aromatic carbocycles. The molecule has 3 rings (SSSR count). The first-order valence-electron chi connectivity index (χ1n) is 5.05. The van der Waals surface area contributed by atoms with Gasteiger partial charge in [-0.2, -0.15) is 0 Å². The Morgan fingerprint density at radius 2 is 2.13 bits per heavy atom. The molecule has 0 amide bonds. The lowest BCUT2D eigenvalue weighted by molar-refractivity contribution is 0.173. The highest BCUT2D eigenvalue weighted by molar-refractivity contribution is 9.10. The highest BCUT2D eigenvalue weighted by Gasteiger charge is 2.43. The van der Waals surface area contributed by atoms with E-state index in [1.54, 1.807) is 0 Å². The number of hydrogen-bond acceptors (Lipinski definition) is 3. The van der Waals surface area contributed by atoms with Crippen LogP contribution < -0.4 is 15.2 Å². The molecule has 1 fully saturated rings. The minimum Gasteiger partial charge on any atom is -0.454 e. The Kier molecular flexibility index (Phi) is 1.97. The summed E-state index contributed by atoms with van der Waals surface area (Å²) in [5.74, 6) is 1.64. The summed E-state index contributed by atoms with van der Waals surface area (Å²) in [5, 5.41) is 0. The van der Waals surface area contributed by atoms with Crippen molar-refractivity contribution in [3.63, 3.8) is 0 Å². The van der Waals surface area contributed by atoms with Gasteiger partial charge in [0.05, 0.1) is 4.47 Å². The van der Waals surface area contributed by atoms with E-state index in [1.807, 2.05) is 0 Å². The van der Waals surface area contributed by atoms with Crippen molar-refractivity contribution in [2.24, 2.45) is 5.73 Å². The number of hydrogen-bond donors (Lipinski definition) is 1. The smallest absolute Gasteiger partial charge is 0.231 e. The van der Waals surface area contributed by atoms with Crippen LogP contribution in [-0.4, -0.2) is 13.3 Å². The van der Waals surface area contributed by atoms with Gasteiger partial charge in [0.1, 0.15) is 0 Å². The molecule has 2 N–H and O–H groups in total. The second kappa shape index (κ2) is 3.12. The minimum absolute atomic E-state index is 0.198. The molecule has 4 heteroatoms. The van der Waals surface area contributed by atoms with Crippen LogP contribution in [-0.2, 0) is 5.41 Å². The molecular weight excluding hydrogens is 258 g/mol. The summed E-state index contributed by atoms with van der Waals surface area (Å²) in [7, 11) is 0. The van der Waals surface area contributed by atoms with Crippen LogP contribution in [0.2, 0.25) is 0 Å². The number of ether oxygens (including phenoxy) is 2. The molecule has 1 heterocycles. The molecule has 15 heavy (non-hydrogen) atoms. The van der Waals surface area contributed by atoms with Crippen LogP contribution in [0.5, 0.6) is 11.5 Å². The quantitative estimate of drug-likeness (QED) is 0.895. The van der Waals surface area contributed by atoms with Crippen molar-refractivity contribution >= 4 is 15.9 Å². The number of rotatable bonds is 2. The lowest BCUT2D eigenvalue weighted by Gasteiger charge is -2.14. The molecule has 0 radical (unpaired) electrons. The fourth-order valence-corrected chi connectivity index (χ4v) is 2.59. The van der Waals surface area contributed by atoms with E-state index in [1.165, 1.54) is 18.4 Å². The summed E-state index contributed by atoms with van der Waals surface area (Å²) in [6.45, 7) is 1.02. The van der Waals surface area contributed by atoms with Crippen LogP contribution in [0.15, 0.2) is 16.6 Å². The van der Waals surface area contributed by atoms with Gasteiger partial charge in [0.2, 0.25) is 6.79 Å². The Morgan fingerprint density at radius 1 is 1.33 bits per heavy atom. The van der Waals surface area contributed by atoms with E-state index in [0.29, 0.717) is 13.3 Å². The van der Waals surface area contributed by atoms with Crippen LogP contribution in [0.25, 0.3) is 0 Å². The predicted molar refractivity (Wildman–Crippen MR) is 60.2 cm³/mol. The zero-order chi connectivity index (χ0) is 10.5. The maximum absolute atomic E-state index is 5.81. The molecule has 0 saturated heterocycles. The maximum atomic E-state index is 5.81. The molecule has 2 aliphatic rings. The van der Waals surface area contributed by atoms with E-state index >= 15 is 0 Å². The van der Waals surface area contributed by atoms with Crippen molar-refractivity contribution in [2.75, 3.05) is 13.3 Å². The topological polar surface area (TPSA) is 44.5 Å². The van der Waals surface area contributed by atoms with Crippen molar-refractivity contribution in [2.45, 2.75) is 18.3 Å². The van der Waals surface area contributed by atoms with E-state index in [4.69, 9.17) is 15.2 Å². The van der Waals surface area contributed by atoms with Gasteiger partial charge >= 0.3 is 0 Å². The Morgan fingerprint density at radius 3 is 2.80 bits per heavy atom. The van der Waals surface area contributed by atoms with Gasteiger partial charge in [-0.05, 0) is 46.5 Å². The summed E-state index contributed by atoms with van der Waals surface area (Å²) in [4.78, 5) is 0. The van der Waals surface area contributed by atoms with Crippen LogP contribution in [0, 0.1) is 0 Å². The molecule has 0 unspecified atom stereocenters. The van der Waals surface area contributed by atoms with Gasteiger partial charge in [-0.1, -0.05) is 0 Å². The molecule has 0 atom stereocenters. The van der Waals surface area contributed by atoms with Gasteiger partial charge in [0.25, 0.3) is 0 Å². The van der Waals surface area contributed by atoms with Crippen molar-refractivity contribution in [1.82, 2.24) is 0 Å². The van der Waals surface area contributed by atoms with Crippen LogP contribution >= 0.6 is 15.9 Å². The molecule has 1 saturated carbocycles. The lowest BCUT2D eigenvalue weighted by atomic mass is 9.96. The van der Waals surface area contributed by atoms with Gasteiger partial charge in [-0.25, -0.2) is 0 Å². The summed E-state index contributed by atoms with van der Waals surface area (Å²) >= 11 is 3.50. The minimum atomic E-state index is 0.198. The Hall–Kier alpha value is -0.740. The Bertz CT molecular complexity index is 415. The van der Waals surface area contributed by atoms with E-state index in [0.717, 1.165) is 16.0 Å². The fourth-order valence-electron chi connectivity index (χ4n) is 2.04. The second-order valence-corrected chi connectivity index (χ2v) is 5.03. The number of halogens is 1. The Labute approximate surface area is 96.7 Å². The highest BCUT2D eigenvalue weighted by Crippen LogP contribution is 2.51. The zero-order valence-corrected chi connectivity index (χ0v) is 9.84. The van der Waals surface area contributed by atoms with Gasteiger partial charge in [0, 0.05) is 12.0 Å². The van der Waals surface area contributed by atoms with E-state index in [-0.39, 0.29) is 5.41 Å². The lowest BCUT2D eigenvalue weighted by Crippen LogP contribution is -2.19. The standard InChI is InChI=1S/C11H12BrNO2/c12-8-3-7(11(5-13)1-2-11)4-9-10(8)15-6-14-9/h3-4H,1-2,5-6,13H2. The average Bonchev–Trinajstić information content (AvgIpc) is 2.90. The first-order valence-corrected chi connectivity index (χ1v) is 5.84. The molecule has 80 valence electrons. The molecule has 0 bridgehead atoms. The molecule has 1 aliphatic heterocycles. The molecule has 3 nitrogen and oxygen atoms in total. The van der Waals surface area contributed by atoms with Crippen LogP contribution in [0.1, 0.15) is 18.4 Å². The average molecular weight is 270 g/mol. The third kappa shape index (κ3) is 1.35. The third-order valence-electron chi connectivity index (χ3n) is 3.28. The van der Waals surface area contributed by atoms with Crippen LogP contribution in [0.4, 0.5) is 0 Å². The predicted octanol–water partition coefficient (Wildman–Crippen LogP) is 2.17. The summed E-state index contributed by atoms with van der Waals surface area (Å²) in [6.07, 6.45) is 2.35. The van der Waals surface area contributed by atoms with Gasteiger partial charge in [-0.15, -0.1) is 0 Å². The van der Waals surface area contributed by atoms with Gasteiger partial charge < -0.3 is 15.2 Å². The molecule has 0 spiro atoms. The summed E-state index contributed by atoms with van der Waals surface area (Å²) < 4.78 is 11.7. The van der Waals surface area contributed by atoms with Crippen LogP contribution in [0.3, 0.4) is 0 Å². The number of nitrogens with two attached hydrogens (primary N) is 1. The van der Waals surface area contributed by atoms with Crippen molar-refractivity contribution < 1.29 is 9.47 Å². The van der Waals surface area contributed by atoms with E-state index < -0.39 is 0 Å². The van der Waals surface area contributed by atoms with Crippen molar-refractivity contribution in [1.29, 1.82) is 0 Å². The molecule has 0 aromatic heterocycles. The summed E-state index contributed by atoms with van der Waals surface area (Å²) in [6, 6.07) is 4.17. The van der Waals surface area contributed by atoms with E-state index in [2.05, 4.69) is 28.1 Å². The molecular formula is C11H12BrNO2. The third-order valence-corrected chi connectivity index (χ3v) is 3.87. The second-order valence-electron chi connectivity index (χ2n) is 4.18. The molecule has 1 aliphatic carbocycles. The first-order chi connectivity index (χ1) is 7.25. The number of fused-ring (bicyclic) bond motifs is 1. The highest BCUT2D eigenvalue weighted by atomic mass is 79.9. The normalized spacial score (nSPS) is 20.4. The SMILES string of the molecule is NCC1(c2cc(Br)c3c(c2)OCO3)CC1.